The molecule has 2 N–H and O–H groups in total. The maximum absolute atomic E-state index is 6.23. The van der Waals surface area contributed by atoms with Crippen molar-refractivity contribution in [1.29, 1.82) is 0 Å². The summed E-state index contributed by atoms with van der Waals surface area (Å²) in [5, 5.41) is 9.34. The minimum atomic E-state index is 0. The van der Waals surface area contributed by atoms with Gasteiger partial charge in [0.25, 0.3) is 0 Å². The third-order valence-electron chi connectivity index (χ3n) is 6.88. The lowest BCUT2D eigenvalue weighted by Crippen LogP contribution is -2.29. The first kappa shape index (κ1) is 26.5. The third-order valence-corrected chi connectivity index (χ3v) is 7.39. The normalized spacial score (nSPS) is 14.5. The van der Waals surface area contributed by atoms with Crippen LogP contribution >= 0.6 is 35.6 Å². The minimum absolute atomic E-state index is 0. The number of rotatable bonds is 5. The molecule has 6 rings (SSSR count). The highest BCUT2D eigenvalue weighted by Gasteiger charge is 2.17. The topological polar surface area (TPSA) is 54.2 Å². The average Bonchev–Trinajstić information content (AvgIpc) is 2.93. The molecule has 0 aromatic heterocycles. The number of piperidine rings is 1. The third kappa shape index (κ3) is 5.67. The molecular formula is C30H28Cl3N5. The van der Waals surface area contributed by atoms with E-state index in [1.54, 1.807) is 0 Å². The Hall–Kier alpha value is -3.09. The van der Waals surface area contributed by atoms with Gasteiger partial charge in [0.05, 0.1) is 33.5 Å². The molecule has 1 fully saturated rings. The van der Waals surface area contributed by atoms with E-state index < -0.39 is 0 Å². The molecule has 2 aliphatic heterocycles. The van der Waals surface area contributed by atoms with Crippen LogP contribution in [0, 0.1) is 5.92 Å². The molecule has 0 spiro atoms. The van der Waals surface area contributed by atoms with Crippen LogP contribution in [0.5, 0.6) is 0 Å². The van der Waals surface area contributed by atoms with Crippen molar-refractivity contribution in [2.24, 2.45) is 10.9 Å². The Balaban J connectivity index is 0.00000294. The Kier molecular flexibility index (Phi) is 8.20. The van der Waals surface area contributed by atoms with Crippen LogP contribution in [-0.4, -0.2) is 29.2 Å². The molecule has 0 bridgehead atoms. The Morgan fingerprint density at radius 1 is 0.895 bits per heavy atom. The number of hydrogen-bond donors (Lipinski definition) is 2. The molecule has 3 aromatic carbocycles. The number of halogens is 3. The van der Waals surface area contributed by atoms with Crippen LogP contribution < -0.4 is 16.0 Å². The highest BCUT2D eigenvalue weighted by molar-refractivity contribution is 6.30. The van der Waals surface area contributed by atoms with E-state index in [1.165, 1.54) is 0 Å². The smallest absolute Gasteiger partial charge is 0.0900 e. The first-order valence-electron chi connectivity index (χ1n) is 12.6. The standard InChI is InChI=1S/C30H27Cl2N5.ClH/c31-21-5-9-23(10-6-21)35-27-17-28-30(18-26(27)34-19-20-13-15-33-16-14-20)37(24-11-7-22(32)8-12-24)29-4-2-1-3-25(29)36-28;/h1-12,17-18,20,33,35H,13-16,19H2;1H. The van der Waals surface area contributed by atoms with E-state index in [9.17, 15) is 0 Å². The van der Waals surface area contributed by atoms with E-state index in [2.05, 4.69) is 33.4 Å². The zero-order chi connectivity index (χ0) is 25.2. The van der Waals surface area contributed by atoms with Gasteiger partial charge < -0.3 is 15.2 Å². The SMILES string of the molecule is Cl.Clc1ccc(Nc2cc3nc4ccccc4n(-c4ccc(Cl)cc4)c-3cc2=NCC2CCNCC2)cc1. The molecule has 8 heteroatoms. The summed E-state index contributed by atoms with van der Waals surface area (Å²) in [4.78, 5) is 10.2. The van der Waals surface area contributed by atoms with Gasteiger partial charge in [-0.3, -0.25) is 4.99 Å². The van der Waals surface area contributed by atoms with Crippen LogP contribution in [0.15, 0.2) is 89.9 Å². The maximum Gasteiger partial charge on any atom is 0.0900 e. The molecule has 3 aliphatic rings. The first-order valence-corrected chi connectivity index (χ1v) is 13.3. The monoisotopic (exact) mass is 563 g/mol. The van der Waals surface area contributed by atoms with Gasteiger partial charge in [0, 0.05) is 28.0 Å². The Morgan fingerprint density at radius 3 is 2.32 bits per heavy atom. The van der Waals surface area contributed by atoms with E-state index in [0.717, 1.165) is 77.3 Å². The largest absolute Gasteiger partial charge is 0.354 e. The Bertz CT molecular complexity index is 1570. The van der Waals surface area contributed by atoms with Gasteiger partial charge in [0.1, 0.15) is 0 Å². The summed E-state index contributed by atoms with van der Waals surface area (Å²) in [6.07, 6.45) is 2.29. The number of nitrogens with one attached hydrogen (secondary N) is 2. The Morgan fingerprint density at radius 2 is 1.58 bits per heavy atom. The summed E-state index contributed by atoms with van der Waals surface area (Å²) in [5.74, 6) is 0.582. The van der Waals surface area contributed by atoms with E-state index >= 15 is 0 Å². The van der Waals surface area contributed by atoms with Crippen LogP contribution in [0.3, 0.4) is 0 Å². The van der Waals surface area contributed by atoms with Crippen molar-refractivity contribution < 1.29 is 0 Å². The van der Waals surface area contributed by atoms with Gasteiger partial charge in [0.15, 0.2) is 0 Å². The second kappa shape index (κ2) is 11.7. The van der Waals surface area contributed by atoms with Gasteiger partial charge >= 0.3 is 0 Å². The predicted octanol–water partition coefficient (Wildman–Crippen LogP) is 7.50. The highest BCUT2D eigenvalue weighted by Crippen LogP contribution is 2.31. The molecule has 38 heavy (non-hydrogen) atoms. The lowest BCUT2D eigenvalue weighted by molar-refractivity contribution is 0.381. The molecule has 1 saturated heterocycles. The van der Waals surface area contributed by atoms with Crippen molar-refractivity contribution in [3.8, 4) is 17.1 Å². The fourth-order valence-electron chi connectivity index (χ4n) is 4.92. The van der Waals surface area contributed by atoms with Gasteiger partial charge in [-0.05, 0) is 105 Å². The molecule has 0 radical (unpaired) electrons. The van der Waals surface area contributed by atoms with E-state index in [1.807, 2.05) is 66.7 Å². The second-order valence-electron chi connectivity index (χ2n) is 9.44. The van der Waals surface area contributed by atoms with Crippen molar-refractivity contribution in [3.05, 3.63) is 100 Å². The molecule has 3 aromatic rings. The van der Waals surface area contributed by atoms with E-state index in [0.29, 0.717) is 16.0 Å². The quantitative estimate of drug-likeness (QED) is 0.217. The number of aromatic nitrogens is 2. The second-order valence-corrected chi connectivity index (χ2v) is 10.3. The lowest BCUT2D eigenvalue weighted by Gasteiger charge is -2.22. The summed E-state index contributed by atoms with van der Waals surface area (Å²) in [5.41, 5.74) is 6.72. The molecule has 194 valence electrons. The predicted molar refractivity (Wildman–Crippen MR) is 161 cm³/mol. The van der Waals surface area contributed by atoms with Crippen LogP contribution in [0.2, 0.25) is 10.0 Å². The number of hydrogen-bond acceptors (Lipinski definition) is 4. The molecule has 0 unspecified atom stereocenters. The zero-order valence-electron chi connectivity index (χ0n) is 20.7. The van der Waals surface area contributed by atoms with Crippen molar-refractivity contribution in [1.82, 2.24) is 14.9 Å². The highest BCUT2D eigenvalue weighted by atomic mass is 35.5. The van der Waals surface area contributed by atoms with Crippen LogP contribution in [-0.2, 0) is 0 Å². The molecule has 0 saturated carbocycles. The summed E-state index contributed by atoms with van der Waals surface area (Å²) in [6.45, 7) is 2.91. The van der Waals surface area contributed by atoms with Crippen LogP contribution in [0.25, 0.3) is 28.1 Å². The van der Waals surface area contributed by atoms with E-state index in [4.69, 9.17) is 33.2 Å². The van der Waals surface area contributed by atoms with Crippen molar-refractivity contribution in [3.63, 3.8) is 0 Å². The molecule has 5 nitrogen and oxygen atoms in total. The number of para-hydroxylation sites is 2. The number of fused-ring (bicyclic) bond motifs is 2. The molecule has 2 heterocycles. The molecule has 0 amide bonds. The fraction of sp³-hybridized carbons (Fsp3) is 0.200. The molecule has 0 atom stereocenters. The number of benzene rings is 4. The maximum atomic E-state index is 6.23. The van der Waals surface area contributed by atoms with Crippen molar-refractivity contribution >= 4 is 58.0 Å². The molecular weight excluding hydrogens is 537 g/mol. The minimum Gasteiger partial charge on any atom is -0.354 e. The average molecular weight is 565 g/mol. The van der Waals surface area contributed by atoms with Crippen LogP contribution in [0.1, 0.15) is 12.8 Å². The van der Waals surface area contributed by atoms with Crippen molar-refractivity contribution in [2.75, 3.05) is 25.0 Å². The summed E-state index contributed by atoms with van der Waals surface area (Å²) in [6, 6.07) is 28.1. The summed E-state index contributed by atoms with van der Waals surface area (Å²) >= 11 is 12.4. The Labute approximate surface area is 238 Å². The fourth-order valence-corrected chi connectivity index (χ4v) is 5.17. The van der Waals surface area contributed by atoms with Gasteiger partial charge in [-0.25, -0.2) is 4.98 Å². The van der Waals surface area contributed by atoms with Gasteiger partial charge in [-0.2, -0.15) is 0 Å². The van der Waals surface area contributed by atoms with E-state index in [-0.39, 0.29) is 12.4 Å². The summed E-state index contributed by atoms with van der Waals surface area (Å²) in [7, 11) is 0. The summed E-state index contributed by atoms with van der Waals surface area (Å²) < 4.78 is 2.24. The van der Waals surface area contributed by atoms with Crippen molar-refractivity contribution in [2.45, 2.75) is 12.8 Å². The molecule has 1 aliphatic carbocycles. The first-order chi connectivity index (χ1) is 18.1. The van der Waals surface area contributed by atoms with Gasteiger partial charge in [-0.15, -0.1) is 12.4 Å². The van der Waals surface area contributed by atoms with Gasteiger partial charge in [-0.1, -0.05) is 35.3 Å². The number of nitrogens with zero attached hydrogens (tertiary/aromatic N) is 3. The van der Waals surface area contributed by atoms with Gasteiger partial charge in [0.2, 0.25) is 0 Å². The lowest BCUT2D eigenvalue weighted by atomic mass is 9.98. The number of anilines is 2. The zero-order valence-corrected chi connectivity index (χ0v) is 23.0. The van der Waals surface area contributed by atoms with Crippen LogP contribution in [0.4, 0.5) is 11.4 Å².